The van der Waals surface area contributed by atoms with Gasteiger partial charge in [0.25, 0.3) is 0 Å². The number of ether oxygens (including phenoxy) is 9. The molecule has 0 aromatic carbocycles. The van der Waals surface area contributed by atoms with Gasteiger partial charge in [0.2, 0.25) is 11.8 Å². The first-order valence-electron chi connectivity index (χ1n) is 17.6. The lowest BCUT2D eigenvalue weighted by Gasteiger charge is -2.23. The fourth-order valence-corrected chi connectivity index (χ4v) is 3.93. The van der Waals surface area contributed by atoms with Crippen molar-refractivity contribution in [3.63, 3.8) is 0 Å². The van der Waals surface area contributed by atoms with Crippen molar-refractivity contribution in [1.29, 1.82) is 0 Å². The van der Waals surface area contributed by atoms with E-state index in [-0.39, 0.29) is 31.4 Å². The molecule has 0 aliphatic rings. The normalized spacial score (nSPS) is 12.5. The van der Waals surface area contributed by atoms with Crippen LogP contribution in [0.25, 0.3) is 0 Å². The predicted molar refractivity (Wildman–Crippen MR) is 184 cm³/mol. The van der Waals surface area contributed by atoms with E-state index >= 15 is 0 Å². The van der Waals surface area contributed by atoms with Crippen molar-refractivity contribution in [3.8, 4) is 0 Å². The molecule has 50 heavy (non-hydrogen) atoms. The molecule has 0 unspecified atom stereocenters. The summed E-state index contributed by atoms with van der Waals surface area (Å²) in [5.41, 5.74) is 5.01. The molecular formula is C33H64N4O13. The average molecular weight is 725 g/mol. The molecule has 0 radical (unpaired) electrons. The Hall–Kier alpha value is -2.48. The second-order valence-corrected chi connectivity index (χ2v) is 11.2. The van der Waals surface area contributed by atoms with Crippen LogP contribution in [0.1, 0.15) is 46.5 Å². The lowest BCUT2D eigenvalue weighted by molar-refractivity contribution is -0.131. The third kappa shape index (κ3) is 32.7. The van der Waals surface area contributed by atoms with Gasteiger partial charge in [-0.1, -0.05) is 20.8 Å². The molecule has 0 rings (SSSR count). The molecule has 0 aromatic rings. The summed E-state index contributed by atoms with van der Waals surface area (Å²) in [6.45, 7) is 14.4. The first-order chi connectivity index (χ1) is 24.3. The Kier molecular flexibility index (Phi) is 34.5. The van der Waals surface area contributed by atoms with Gasteiger partial charge < -0.3 is 69.1 Å². The number of amides is 4. The number of rotatable bonds is 38. The minimum atomic E-state index is -0.810. The fraction of sp³-hybridized carbons (Fsp3) is 0.879. The van der Waals surface area contributed by atoms with Crippen LogP contribution in [0.2, 0.25) is 0 Å². The van der Waals surface area contributed by atoms with Gasteiger partial charge in [-0.3, -0.25) is 9.59 Å². The van der Waals surface area contributed by atoms with Crippen molar-refractivity contribution < 1.29 is 61.8 Å². The molecule has 5 N–H and O–H groups in total. The number of nitrogens with one attached hydrogen (secondary N) is 3. The zero-order valence-corrected chi connectivity index (χ0v) is 30.5. The first kappa shape index (κ1) is 47.5. The molecule has 4 amide bonds. The van der Waals surface area contributed by atoms with E-state index in [1.165, 1.54) is 0 Å². The molecule has 2 atom stereocenters. The predicted octanol–water partition coefficient (Wildman–Crippen LogP) is 0.209. The van der Waals surface area contributed by atoms with Gasteiger partial charge in [-0.15, -0.1) is 0 Å². The molecule has 17 nitrogen and oxygen atoms in total. The summed E-state index contributed by atoms with van der Waals surface area (Å²) in [7, 11) is 0. The smallest absolute Gasteiger partial charge is 0.312 e. The Morgan fingerprint density at radius 2 is 0.980 bits per heavy atom. The second kappa shape index (κ2) is 36.3. The van der Waals surface area contributed by atoms with Gasteiger partial charge in [0.05, 0.1) is 118 Å². The van der Waals surface area contributed by atoms with E-state index in [2.05, 4.69) is 22.9 Å². The molecule has 294 valence electrons. The van der Waals surface area contributed by atoms with Gasteiger partial charge in [-0.05, 0) is 25.2 Å². The minimum Gasteiger partial charge on any atom is -0.379 e. The Balaban J connectivity index is 3.55. The number of carbonyl (C=O) groups excluding carboxylic acids is 4. The molecule has 0 saturated heterocycles. The molecule has 0 heterocycles. The molecule has 17 heteroatoms. The second-order valence-electron chi connectivity index (χ2n) is 11.2. The van der Waals surface area contributed by atoms with E-state index in [0.29, 0.717) is 125 Å². The van der Waals surface area contributed by atoms with Gasteiger partial charge in [0, 0.05) is 19.6 Å². The Morgan fingerprint density at radius 3 is 1.32 bits per heavy atom. The molecule has 0 fully saturated rings. The maximum atomic E-state index is 12.7. The number of carbonyl (C=O) groups is 4. The third-order valence-corrected chi connectivity index (χ3v) is 6.55. The van der Waals surface area contributed by atoms with Gasteiger partial charge in [-0.25, -0.2) is 4.79 Å². The van der Waals surface area contributed by atoms with Crippen molar-refractivity contribution in [3.05, 3.63) is 0 Å². The van der Waals surface area contributed by atoms with Gasteiger partial charge >= 0.3 is 6.03 Å². The van der Waals surface area contributed by atoms with Crippen LogP contribution in [-0.2, 0) is 57.0 Å². The minimum absolute atomic E-state index is 0.0664. The highest BCUT2D eigenvalue weighted by Gasteiger charge is 2.26. The molecule has 0 aliphatic heterocycles. The molecule has 0 spiro atoms. The van der Waals surface area contributed by atoms with Crippen LogP contribution in [0.4, 0.5) is 4.79 Å². The van der Waals surface area contributed by atoms with Crippen molar-refractivity contribution >= 4 is 24.1 Å². The number of urea groups is 1. The summed E-state index contributed by atoms with van der Waals surface area (Å²) in [6.07, 6.45) is 2.48. The largest absolute Gasteiger partial charge is 0.379 e. The van der Waals surface area contributed by atoms with Crippen molar-refractivity contribution in [1.82, 2.24) is 16.0 Å². The topological polar surface area (TPSA) is 213 Å². The van der Waals surface area contributed by atoms with Gasteiger partial charge in [-0.2, -0.15) is 0 Å². The zero-order chi connectivity index (χ0) is 36.9. The van der Waals surface area contributed by atoms with E-state index < -0.39 is 24.0 Å². The molecule has 0 aliphatic carbocycles. The van der Waals surface area contributed by atoms with E-state index in [4.69, 9.17) is 48.4 Å². The lowest BCUT2D eigenvalue weighted by Crippen LogP contribution is -2.52. The van der Waals surface area contributed by atoms with Gasteiger partial charge in [0.1, 0.15) is 12.3 Å². The van der Waals surface area contributed by atoms with E-state index in [1.807, 2.05) is 0 Å². The average Bonchev–Trinajstić information content (AvgIpc) is 3.09. The Bertz CT molecular complexity index is 827. The lowest BCUT2D eigenvalue weighted by atomic mass is 10.0. The zero-order valence-electron chi connectivity index (χ0n) is 30.5. The first-order valence-corrected chi connectivity index (χ1v) is 17.6. The fourth-order valence-electron chi connectivity index (χ4n) is 3.93. The van der Waals surface area contributed by atoms with Crippen LogP contribution in [0.15, 0.2) is 0 Å². The Morgan fingerprint density at radius 1 is 0.600 bits per heavy atom. The van der Waals surface area contributed by atoms with Crippen LogP contribution >= 0.6 is 0 Å². The SMILES string of the molecule is CCCOCCOCCOCCOCCOCCOCCOCCOCCOCCC(=O)N[C@H](C(=O)N[C@H](C=O)CCCNC(N)=O)C(C)C. The Labute approximate surface area is 297 Å². The number of nitrogens with two attached hydrogens (primary N) is 1. The number of hydrogen-bond donors (Lipinski definition) is 4. The summed E-state index contributed by atoms with van der Waals surface area (Å²) in [5.74, 6) is -1.00. The summed E-state index contributed by atoms with van der Waals surface area (Å²) in [4.78, 5) is 47.1. The van der Waals surface area contributed by atoms with Crippen molar-refractivity contribution in [2.24, 2.45) is 11.7 Å². The quantitative estimate of drug-likeness (QED) is 0.0496. The van der Waals surface area contributed by atoms with Crippen molar-refractivity contribution in [2.75, 3.05) is 125 Å². The monoisotopic (exact) mass is 724 g/mol. The number of aldehydes is 1. The maximum absolute atomic E-state index is 12.7. The summed E-state index contributed by atoms with van der Waals surface area (Å²) in [6, 6.07) is -2.21. The van der Waals surface area contributed by atoms with E-state index in [1.54, 1.807) is 13.8 Å². The van der Waals surface area contributed by atoms with Crippen molar-refractivity contribution in [2.45, 2.75) is 58.5 Å². The highest BCUT2D eigenvalue weighted by molar-refractivity contribution is 5.89. The van der Waals surface area contributed by atoms with Crippen LogP contribution in [0.3, 0.4) is 0 Å². The molecule has 0 saturated carbocycles. The van der Waals surface area contributed by atoms with Crippen LogP contribution < -0.4 is 21.7 Å². The number of primary amides is 1. The molecule has 0 aromatic heterocycles. The summed E-state index contributed by atoms with van der Waals surface area (Å²) < 4.78 is 48.9. The van der Waals surface area contributed by atoms with Crippen LogP contribution in [0, 0.1) is 5.92 Å². The highest BCUT2D eigenvalue weighted by atomic mass is 16.6. The summed E-state index contributed by atoms with van der Waals surface area (Å²) >= 11 is 0. The summed E-state index contributed by atoms with van der Waals surface area (Å²) in [5, 5.41) is 7.76. The van der Waals surface area contributed by atoms with Crippen LogP contribution in [-0.4, -0.2) is 162 Å². The van der Waals surface area contributed by atoms with Gasteiger partial charge in [0.15, 0.2) is 0 Å². The standard InChI is InChI=1S/C33H64N4O13/c1-4-9-42-11-13-44-15-17-46-19-21-48-23-25-50-26-24-49-22-20-47-18-16-45-14-12-43-10-7-30(39)37-31(28(2)3)32(40)36-29(27-38)6-5-8-35-33(34)41/h27-29,31H,4-26H2,1-3H3,(H,36,40)(H,37,39)(H3,34,35,41)/t29-,31-/m0/s1. The number of hydrogen-bond acceptors (Lipinski definition) is 13. The third-order valence-electron chi connectivity index (χ3n) is 6.55. The maximum Gasteiger partial charge on any atom is 0.312 e. The van der Waals surface area contributed by atoms with E-state index in [0.717, 1.165) is 13.0 Å². The van der Waals surface area contributed by atoms with E-state index in [9.17, 15) is 19.2 Å². The van der Waals surface area contributed by atoms with Crippen LogP contribution in [0.5, 0.6) is 0 Å². The molecule has 0 bridgehead atoms. The molecular weight excluding hydrogens is 660 g/mol. The highest BCUT2D eigenvalue weighted by Crippen LogP contribution is 2.04.